The van der Waals surface area contributed by atoms with Crippen LogP contribution in [-0.2, 0) is 28.3 Å². The van der Waals surface area contributed by atoms with Gasteiger partial charge in [-0.3, -0.25) is 9.59 Å². The van der Waals surface area contributed by atoms with Gasteiger partial charge in [0.15, 0.2) is 0 Å². The molecule has 0 saturated heterocycles. The number of unbranched alkanes of at least 4 members (excludes halogenated alkanes) is 1. The Hall–Kier alpha value is -3.32. The number of ether oxygens (including phenoxy) is 1. The molecular weight excluding hydrogens is 487 g/mol. The monoisotopic (exact) mass is 522 g/mol. The summed E-state index contributed by atoms with van der Waals surface area (Å²) in [6.45, 7) is 2.89. The second kappa shape index (κ2) is 15.1. The van der Waals surface area contributed by atoms with Gasteiger partial charge in [0.25, 0.3) is 0 Å². The average Bonchev–Trinajstić information content (AvgIpc) is 2.92. The third-order valence-corrected chi connectivity index (χ3v) is 6.99. The van der Waals surface area contributed by atoms with Gasteiger partial charge in [0.1, 0.15) is 17.6 Å². The Labute approximate surface area is 223 Å². The molecule has 196 valence electrons. The van der Waals surface area contributed by atoms with Crippen LogP contribution in [0.5, 0.6) is 5.75 Å². The molecule has 0 aromatic heterocycles. The van der Waals surface area contributed by atoms with Crippen molar-refractivity contribution in [1.29, 1.82) is 0 Å². The maximum atomic E-state index is 14.1. The molecule has 3 aromatic rings. The highest BCUT2D eigenvalue weighted by Crippen LogP contribution is 2.21. The van der Waals surface area contributed by atoms with Crippen molar-refractivity contribution in [3.63, 3.8) is 0 Å². The molecule has 0 saturated carbocycles. The van der Waals surface area contributed by atoms with Crippen molar-refractivity contribution in [3.05, 3.63) is 101 Å². The molecule has 0 heterocycles. The number of carbonyl (C=O) groups is 2. The molecule has 0 aliphatic rings. The molecule has 1 atom stereocenters. The maximum absolute atomic E-state index is 14.1. The number of amides is 2. The number of methoxy groups -OCH3 is 1. The predicted octanol–water partition coefficient (Wildman–Crippen LogP) is 5.62. The van der Waals surface area contributed by atoms with Crippen LogP contribution in [0.25, 0.3) is 0 Å². The highest BCUT2D eigenvalue weighted by Gasteiger charge is 2.30. The van der Waals surface area contributed by atoms with Gasteiger partial charge in [0, 0.05) is 25.3 Å². The second-order valence-electron chi connectivity index (χ2n) is 8.81. The van der Waals surface area contributed by atoms with Crippen LogP contribution < -0.4 is 10.1 Å². The van der Waals surface area contributed by atoms with E-state index in [1.54, 1.807) is 30.2 Å². The summed E-state index contributed by atoms with van der Waals surface area (Å²) in [6, 6.07) is 23.1. The number of nitrogens with one attached hydrogen (secondary N) is 1. The SMILES string of the molecule is CCCCNC(=O)C(Cc1ccccc1)N(Cc1cccc(OC)c1)C(=O)CSCc1ccccc1F. The van der Waals surface area contributed by atoms with E-state index in [9.17, 15) is 14.0 Å². The van der Waals surface area contributed by atoms with E-state index in [4.69, 9.17) is 4.74 Å². The second-order valence-corrected chi connectivity index (χ2v) is 9.79. The zero-order valence-corrected chi connectivity index (χ0v) is 22.3. The largest absolute Gasteiger partial charge is 0.497 e. The fraction of sp³-hybridized carbons (Fsp3) is 0.333. The fourth-order valence-electron chi connectivity index (χ4n) is 3.97. The maximum Gasteiger partial charge on any atom is 0.243 e. The molecular formula is C30H35FN2O3S. The molecule has 7 heteroatoms. The molecule has 1 N–H and O–H groups in total. The highest BCUT2D eigenvalue weighted by molar-refractivity contribution is 7.99. The van der Waals surface area contributed by atoms with E-state index in [-0.39, 0.29) is 29.9 Å². The zero-order chi connectivity index (χ0) is 26.5. The number of carbonyl (C=O) groups excluding carboxylic acids is 2. The van der Waals surface area contributed by atoms with E-state index in [0.717, 1.165) is 24.0 Å². The Balaban J connectivity index is 1.85. The Morgan fingerprint density at radius 3 is 2.46 bits per heavy atom. The van der Waals surface area contributed by atoms with Gasteiger partial charge in [-0.05, 0) is 41.3 Å². The number of hydrogen-bond donors (Lipinski definition) is 1. The van der Waals surface area contributed by atoms with Crippen molar-refractivity contribution in [2.75, 3.05) is 19.4 Å². The molecule has 2 amide bonds. The number of benzene rings is 3. The van der Waals surface area contributed by atoms with E-state index < -0.39 is 6.04 Å². The summed E-state index contributed by atoms with van der Waals surface area (Å²) in [5.41, 5.74) is 2.39. The first-order valence-corrected chi connectivity index (χ1v) is 13.7. The molecule has 1 unspecified atom stereocenters. The smallest absolute Gasteiger partial charge is 0.243 e. The van der Waals surface area contributed by atoms with Crippen molar-refractivity contribution < 1.29 is 18.7 Å². The Morgan fingerprint density at radius 1 is 1.00 bits per heavy atom. The minimum absolute atomic E-state index is 0.131. The molecule has 0 fully saturated rings. The molecule has 0 aliphatic carbocycles. The normalized spacial score (nSPS) is 11.5. The highest BCUT2D eigenvalue weighted by atomic mass is 32.2. The van der Waals surface area contributed by atoms with Gasteiger partial charge in [-0.25, -0.2) is 4.39 Å². The minimum Gasteiger partial charge on any atom is -0.497 e. The molecule has 0 bridgehead atoms. The molecule has 3 rings (SSSR count). The molecule has 3 aromatic carbocycles. The van der Waals surface area contributed by atoms with Gasteiger partial charge >= 0.3 is 0 Å². The first-order chi connectivity index (χ1) is 18.0. The quantitative estimate of drug-likeness (QED) is 0.279. The van der Waals surface area contributed by atoms with Gasteiger partial charge < -0.3 is 15.0 Å². The fourth-order valence-corrected chi connectivity index (χ4v) is 4.87. The van der Waals surface area contributed by atoms with Gasteiger partial charge in [-0.1, -0.05) is 74.0 Å². The van der Waals surface area contributed by atoms with Gasteiger partial charge in [-0.2, -0.15) is 0 Å². The van der Waals surface area contributed by atoms with Crippen molar-refractivity contribution in [3.8, 4) is 5.75 Å². The number of nitrogens with zero attached hydrogens (tertiary/aromatic N) is 1. The van der Waals surface area contributed by atoms with Crippen LogP contribution in [0.2, 0.25) is 0 Å². The van der Waals surface area contributed by atoms with E-state index in [1.165, 1.54) is 17.8 Å². The number of thioether (sulfide) groups is 1. The van der Waals surface area contributed by atoms with Crippen molar-refractivity contribution in [2.45, 2.75) is 44.5 Å². The van der Waals surface area contributed by atoms with Crippen LogP contribution in [0.3, 0.4) is 0 Å². The molecule has 0 aliphatic heterocycles. The van der Waals surface area contributed by atoms with Gasteiger partial charge in [0.05, 0.1) is 12.9 Å². The molecule has 37 heavy (non-hydrogen) atoms. The van der Waals surface area contributed by atoms with Crippen LogP contribution in [0.4, 0.5) is 4.39 Å². The lowest BCUT2D eigenvalue weighted by Crippen LogP contribution is -2.51. The Morgan fingerprint density at radius 2 is 1.73 bits per heavy atom. The first kappa shape index (κ1) is 28.3. The summed E-state index contributed by atoms with van der Waals surface area (Å²) in [5.74, 6) is 0.561. The molecule has 0 radical (unpaired) electrons. The van der Waals surface area contributed by atoms with E-state index in [0.29, 0.717) is 30.0 Å². The number of halogens is 1. The lowest BCUT2D eigenvalue weighted by Gasteiger charge is -2.31. The lowest BCUT2D eigenvalue weighted by atomic mass is 10.0. The Kier molecular flexibility index (Phi) is 11.5. The van der Waals surface area contributed by atoms with Crippen molar-refractivity contribution in [1.82, 2.24) is 10.2 Å². The number of hydrogen-bond acceptors (Lipinski definition) is 4. The van der Waals surface area contributed by atoms with Crippen LogP contribution in [0.15, 0.2) is 78.9 Å². The van der Waals surface area contributed by atoms with Crippen LogP contribution >= 0.6 is 11.8 Å². The predicted molar refractivity (Wildman–Crippen MR) is 148 cm³/mol. The van der Waals surface area contributed by atoms with Crippen molar-refractivity contribution in [2.24, 2.45) is 0 Å². The summed E-state index contributed by atoms with van der Waals surface area (Å²) >= 11 is 1.34. The number of rotatable bonds is 14. The summed E-state index contributed by atoms with van der Waals surface area (Å²) < 4.78 is 19.5. The standard InChI is InChI=1S/C30H35FN2O3S/c1-3-4-17-32-30(35)28(19-23-11-6-5-7-12-23)33(20-24-13-10-15-26(18-24)36-2)29(34)22-37-21-25-14-8-9-16-27(25)31/h5-16,18,28H,3-4,17,19-22H2,1-2H3,(H,32,35). The summed E-state index contributed by atoms with van der Waals surface area (Å²) in [7, 11) is 1.60. The average molecular weight is 523 g/mol. The third kappa shape index (κ3) is 8.93. The lowest BCUT2D eigenvalue weighted by molar-refractivity contribution is -0.139. The van der Waals surface area contributed by atoms with Crippen LogP contribution in [-0.4, -0.2) is 42.2 Å². The van der Waals surface area contributed by atoms with Crippen LogP contribution in [0.1, 0.15) is 36.5 Å². The third-order valence-electron chi connectivity index (χ3n) is 6.03. The van der Waals surface area contributed by atoms with E-state index in [2.05, 4.69) is 12.2 Å². The Bertz CT molecular complexity index is 1140. The van der Waals surface area contributed by atoms with E-state index >= 15 is 0 Å². The molecule has 0 spiro atoms. The van der Waals surface area contributed by atoms with Gasteiger partial charge in [0.2, 0.25) is 11.8 Å². The minimum atomic E-state index is -0.688. The summed E-state index contributed by atoms with van der Waals surface area (Å²) in [6.07, 6.45) is 2.22. The van der Waals surface area contributed by atoms with Crippen molar-refractivity contribution >= 4 is 23.6 Å². The molecule has 5 nitrogen and oxygen atoms in total. The summed E-state index contributed by atoms with van der Waals surface area (Å²) in [5, 5.41) is 3.02. The zero-order valence-electron chi connectivity index (χ0n) is 21.5. The summed E-state index contributed by atoms with van der Waals surface area (Å²) in [4.78, 5) is 28.7. The topological polar surface area (TPSA) is 58.6 Å². The van der Waals surface area contributed by atoms with E-state index in [1.807, 2.05) is 54.6 Å². The van der Waals surface area contributed by atoms with Gasteiger partial charge in [-0.15, -0.1) is 11.8 Å². The first-order valence-electron chi connectivity index (χ1n) is 12.6. The van der Waals surface area contributed by atoms with Crippen LogP contribution in [0, 0.1) is 5.82 Å².